The van der Waals surface area contributed by atoms with E-state index in [9.17, 15) is 0 Å². The normalized spacial score (nSPS) is 9.93. The van der Waals surface area contributed by atoms with Crippen molar-refractivity contribution in [2.24, 2.45) is 0 Å². The summed E-state index contributed by atoms with van der Waals surface area (Å²) >= 11 is 3.32. The van der Waals surface area contributed by atoms with Crippen LogP contribution in [0.4, 0.5) is 0 Å². The summed E-state index contributed by atoms with van der Waals surface area (Å²) in [6.45, 7) is 0. The van der Waals surface area contributed by atoms with Crippen molar-refractivity contribution in [3.63, 3.8) is 0 Å². The summed E-state index contributed by atoms with van der Waals surface area (Å²) < 4.78 is 5.66. The summed E-state index contributed by atoms with van der Waals surface area (Å²) in [5.74, 6) is 0.500. The molecule has 0 unspecified atom stereocenters. The third-order valence-electron chi connectivity index (χ3n) is 1.96. The second-order valence-electron chi connectivity index (χ2n) is 2.82. The van der Waals surface area contributed by atoms with Crippen LogP contribution in [0.1, 0.15) is 5.56 Å². The van der Waals surface area contributed by atoms with E-state index in [0.717, 1.165) is 5.52 Å². The highest BCUT2D eigenvalue weighted by Crippen LogP contribution is 2.25. The van der Waals surface area contributed by atoms with Crippen molar-refractivity contribution < 1.29 is 4.74 Å². The lowest BCUT2D eigenvalue weighted by Gasteiger charge is -2.03. The fourth-order valence-corrected chi connectivity index (χ4v) is 1.69. The Morgan fingerprint density at radius 2 is 2.27 bits per heavy atom. The molecule has 0 aromatic carbocycles. The van der Waals surface area contributed by atoms with E-state index < -0.39 is 0 Å². The van der Waals surface area contributed by atoms with Crippen molar-refractivity contribution in [2.75, 3.05) is 7.11 Å². The van der Waals surface area contributed by atoms with Crippen molar-refractivity contribution in [3.8, 4) is 11.9 Å². The Labute approximate surface area is 94.7 Å². The van der Waals surface area contributed by atoms with E-state index in [1.165, 1.54) is 6.20 Å². The number of hydrogen-bond acceptors (Lipinski definition) is 4. The second kappa shape index (κ2) is 3.83. The Morgan fingerprint density at radius 3 is 2.93 bits per heavy atom. The smallest absolute Gasteiger partial charge is 0.213 e. The molecule has 0 spiro atoms. The van der Waals surface area contributed by atoms with Crippen LogP contribution in [0.3, 0.4) is 0 Å². The Kier molecular flexibility index (Phi) is 2.52. The van der Waals surface area contributed by atoms with Crippen molar-refractivity contribution >= 4 is 27.0 Å². The number of ether oxygens (including phenoxy) is 1. The first-order chi connectivity index (χ1) is 7.26. The highest BCUT2D eigenvalue weighted by molar-refractivity contribution is 9.10. The molecule has 2 aromatic rings. The molecular weight excluding hydrogens is 258 g/mol. The quantitative estimate of drug-likeness (QED) is 0.792. The minimum atomic E-state index is 0.461. The lowest BCUT2D eigenvalue weighted by Crippen LogP contribution is -1.92. The largest absolute Gasteiger partial charge is 0.481 e. The SMILES string of the molecule is COc1ccc2ncc(C#N)c(Br)c2n1. The lowest BCUT2D eigenvalue weighted by atomic mass is 10.2. The zero-order chi connectivity index (χ0) is 10.8. The first kappa shape index (κ1) is 9.87. The van der Waals surface area contributed by atoms with Gasteiger partial charge in [-0.15, -0.1) is 0 Å². The first-order valence-electron chi connectivity index (χ1n) is 4.15. The lowest BCUT2D eigenvalue weighted by molar-refractivity contribution is 0.399. The molecule has 5 heteroatoms. The van der Waals surface area contributed by atoms with Gasteiger partial charge in [-0.05, 0) is 22.0 Å². The molecule has 0 bridgehead atoms. The van der Waals surface area contributed by atoms with Gasteiger partial charge in [0.05, 0.1) is 22.7 Å². The van der Waals surface area contributed by atoms with Gasteiger partial charge >= 0.3 is 0 Å². The van der Waals surface area contributed by atoms with E-state index in [0.29, 0.717) is 21.4 Å². The van der Waals surface area contributed by atoms with Gasteiger partial charge in [-0.2, -0.15) is 5.26 Å². The Balaban J connectivity index is 2.79. The summed E-state index contributed by atoms with van der Waals surface area (Å²) in [7, 11) is 1.55. The van der Waals surface area contributed by atoms with E-state index in [-0.39, 0.29) is 0 Å². The van der Waals surface area contributed by atoms with Crippen LogP contribution in [0.2, 0.25) is 0 Å². The Bertz CT molecular complexity index is 562. The fraction of sp³-hybridized carbons (Fsp3) is 0.100. The van der Waals surface area contributed by atoms with E-state index >= 15 is 0 Å². The fourth-order valence-electron chi connectivity index (χ4n) is 1.21. The van der Waals surface area contributed by atoms with Crippen LogP contribution in [-0.2, 0) is 0 Å². The van der Waals surface area contributed by atoms with Crippen molar-refractivity contribution in [1.29, 1.82) is 5.26 Å². The van der Waals surface area contributed by atoms with E-state index in [1.807, 2.05) is 6.07 Å². The van der Waals surface area contributed by atoms with Gasteiger partial charge in [0.2, 0.25) is 5.88 Å². The van der Waals surface area contributed by atoms with Gasteiger partial charge in [-0.1, -0.05) is 0 Å². The average Bonchev–Trinajstić information content (AvgIpc) is 2.29. The number of rotatable bonds is 1. The van der Waals surface area contributed by atoms with E-state index in [2.05, 4.69) is 25.9 Å². The monoisotopic (exact) mass is 263 g/mol. The van der Waals surface area contributed by atoms with Gasteiger partial charge in [0.15, 0.2) is 0 Å². The van der Waals surface area contributed by atoms with Crippen LogP contribution in [0.25, 0.3) is 11.0 Å². The number of halogens is 1. The zero-order valence-electron chi connectivity index (χ0n) is 7.86. The third-order valence-corrected chi connectivity index (χ3v) is 2.76. The predicted octanol–water partition coefficient (Wildman–Crippen LogP) is 2.27. The number of aromatic nitrogens is 2. The molecule has 0 aliphatic carbocycles. The highest BCUT2D eigenvalue weighted by atomic mass is 79.9. The van der Waals surface area contributed by atoms with Crippen molar-refractivity contribution in [3.05, 3.63) is 28.4 Å². The van der Waals surface area contributed by atoms with Crippen LogP contribution in [0.5, 0.6) is 5.88 Å². The maximum atomic E-state index is 8.83. The molecule has 0 saturated carbocycles. The van der Waals surface area contributed by atoms with Gasteiger partial charge in [0.1, 0.15) is 11.6 Å². The van der Waals surface area contributed by atoms with Crippen LogP contribution in [-0.4, -0.2) is 17.1 Å². The Morgan fingerprint density at radius 1 is 1.47 bits per heavy atom. The molecule has 4 nitrogen and oxygen atoms in total. The van der Waals surface area contributed by atoms with E-state index in [4.69, 9.17) is 10.00 Å². The zero-order valence-corrected chi connectivity index (χ0v) is 9.45. The minimum Gasteiger partial charge on any atom is -0.481 e. The van der Waals surface area contributed by atoms with Gasteiger partial charge in [-0.25, -0.2) is 4.98 Å². The predicted molar refractivity (Wildman–Crippen MR) is 58.5 cm³/mol. The summed E-state index contributed by atoms with van der Waals surface area (Å²) in [6.07, 6.45) is 1.51. The number of nitrogens with zero attached hydrogens (tertiary/aromatic N) is 3. The van der Waals surface area contributed by atoms with Crippen molar-refractivity contribution in [2.45, 2.75) is 0 Å². The van der Waals surface area contributed by atoms with Gasteiger partial charge in [0.25, 0.3) is 0 Å². The number of methoxy groups -OCH3 is 1. The molecule has 0 fully saturated rings. The molecular formula is C10H6BrN3O. The highest BCUT2D eigenvalue weighted by Gasteiger charge is 2.08. The average molecular weight is 264 g/mol. The molecule has 74 valence electrons. The summed E-state index contributed by atoms with van der Waals surface area (Å²) in [5.41, 5.74) is 1.82. The molecule has 0 N–H and O–H groups in total. The van der Waals surface area contributed by atoms with E-state index in [1.54, 1.807) is 19.2 Å². The molecule has 0 amide bonds. The number of nitriles is 1. The molecule has 0 saturated heterocycles. The molecule has 2 aromatic heterocycles. The van der Waals surface area contributed by atoms with Crippen LogP contribution >= 0.6 is 15.9 Å². The molecule has 0 aliphatic rings. The maximum Gasteiger partial charge on any atom is 0.213 e. The molecule has 0 atom stereocenters. The Hall–Kier alpha value is -1.67. The van der Waals surface area contributed by atoms with Crippen LogP contribution in [0, 0.1) is 11.3 Å². The summed E-state index contributed by atoms with van der Waals surface area (Å²) in [6, 6.07) is 5.56. The maximum absolute atomic E-state index is 8.83. The summed E-state index contributed by atoms with van der Waals surface area (Å²) in [5, 5.41) is 8.83. The number of hydrogen-bond donors (Lipinski definition) is 0. The van der Waals surface area contributed by atoms with Crippen LogP contribution in [0.15, 0.2) is 22.8 Å². The molecule has 15 heavy (non-hydrogen) atoms. The summed E-state index contributed by atoms with van der Waals surface area (Å²) in [4.78, 5) is 8.34. The molecule has 0 radical (unpaired) electrons. The molecule has 0 aliphatic heterocycles. The topological polar surface area (TPSA) is 58.8 Å². The number of fused-ring (bicyclic) bond motifs is 1. The van der Waals surface area contributed by atoms with Crippen molar-refractivity contribution in [1.82, 2.24) is 9.97 Å². The minimum absolute atomic E-state index is 0.461. The second-order valence-corrected chi connectivity index (χ2v) is 3.61. The number of pyridine rings is 2. The molecule has 2 rings (SSSR count). The van der Waals surface area contributed by atoms with Crippen LogP contribution < -0.4 is 4.74 Å². The standard InChI is InChI=1S/C10H6BrN3O/c1-15-8-3-2-7-10(14-8)9(11)6(4-12)5-13-7/h2-3,5H,1H3. The van der Waals surface area contributed by atoms with Gasteiger partial charge < -0.3 is 4.74 Å². The third kappa shape index (κ3) is 1.64. The molecule has 2 heterocycles. The van der Waals surface area contributed by atoms with Gasteiger partial charge in [-0.3, -0.25) is 4.98 Å². The van der Waals surface area contributed by atoms with Gasteiger partial charge in [0, 0.05) is 12.3 Å². The first-order valence-corrected chi connectivity index (χ1v) is 4.95.